The Morgan fingerprint density at radius 1 is 1.33 bits per heavy atom. The monoisotopic (exact) mass is 206 g/mol. The molecule has 1 atom stereocenters. The van der Waals surface area contributed by atoms with Crippen molar-refractivity contribution < 1.29 is 0 Å². The van der Waals surface area contributed by atoms with Crippen LogP contribution in [-0.4, -0.2) is 31.6 Å². The van der Waals surface area contributed by atoms with E-state index >= 15 is 0 Å². The third kappa shape index (κ3) is 4.96. The minimum absolute atomic E-state index is 0.528. The average Bonchev–Trinajstić information content (AvgIpc) is 2.14. The zero-order chi connectivity index (χ0) is 11.3. The summed E-state index contributed by atoms with van der Waals surface area (Å²) >= 11 is 0. The molecule has 0 radical (unpaired) electrons. The fourth-order valence-corrected chi connectivity index (χ4v) is 1.73. The van der Waals surface area contributed by atoms with Gasteiger partial charge in [0.25, 0.3) is 0 Å². The molecular formula is C13H22N2. The molecule has 2 heteroatoms. The second kappa shape index (κ2) is 5.89. The maximum absolute atomic E-state index is 3.52. The van der Waals surface area contributed by atoms with Crippen molar-refractivity contribution in [2.24, 2.45) is 0 Å². The maximum Gasteiger partial charge on any atom is 0.0208 e. The molecule has 0 heterocycles. The Labute approximate surface area is 93.3 Å². The summed E-state index contributed by atoms with van der Waals surface area (Å²) in [5, 5.41) is 3.52. The van der Waals surface area contributed by atoms with E-state index in [9.17, 15) is 0 Å². The van der Waals surface area contributed by atoms with Crippen LogP contribution in [0.3, 0.4) is 0 Å². The molecule has 0 saturated heterocycles. The number of benzene rings is 1. The summed E-state index contributed by atoms with van der Waals surface area (Å²) in [6.07, 6.45) is 0. The van der Waals surface area contributed by atoms with E-state index < -0.39 is 0 Å². The molecule has 1 rings (SSSR count). The molecule has 0 aromatic heterocycles. The summed E-state index contributed by atoms with van der Waals surface area (Å²) in [6.45, 7) is 6.38. The standard InChI is InChI=1S/C13H22N2/c1-11-6-5-7-13(8-11)9-14-12(2)10-15(3)4/h5-8,12,14H,9-10H2,1-4H3. The van der Waals surface area contributed by atoms with Crippen LogP contribution in [-0.2, 0) is 6.54 Å². The van der Waals surface area contributed by atoms with E-state index in [1.54, 1.807) is 0 Å². The second-order valence-corrected chi connectivity index (χ2v) is 4.53. The normalized spacial score (nSPS) is 13.1. The lowest BCUT2D eigenvalue weighted by molar-refractivity contribution is 0.349. The van der Waals surface area contributed by atoms with Crippen molar-refractivity contribution in [2.75, 3.05) is 20.6 Å². The van der Waals surface area contributed by atoms with Crippen LogP contribution in [0.5, 0.6) is 0 Å². The van der Waals surface area contributed by atoms with Gasteiger partial charge in [0.1, 0.15) is 0 Å². The van der Waals surface area contributed by atoms with Crippen molar-refractivity contribution >= 4 is 0 Å². The molecule has 1 N–H and O–H groups in total. The molecule has 1 aromatic carbocycles. The van der Waals surface area contributed by atoms with Crippen molar-refractivity contribution in [3.8, 4) is 0 Å². The van der Waals surface area contributed by atoms with Gasteiger partial charge in [0.05, 0.1) is 0 Å². The molecule has 0 bridgehead atoms. The average molecular weight is 206 g/mol. The molecule has 0 spiro atoms. The van der Waals surface area contributed by atoms with Crippen molar-refractivity contribution in [2.45, 2.75) is 26.4 Å². The molecule has 0 aliphatic carbocycles. The molecule has 0 saturated carbocycles. The predicted molar refractivity (Wildman–Crippen MR) is 66.0 cm³/mol. The Hall–Kier alpha value is -0.860. The van der Waals surface area contributed by atoms with Crippen LogP contribution in [0.1, 0.15) is 18.1 Å². The molecule has 1 unspecified atom stereocenters. The minimum Gasteiger partial charge on any atom is -0.309 e. The summed E-state index contributed by atoms with van der Waals surface area (Å²) in [6, 6.07) is 9.17. The lowest BCUT2D eigenvalue weighted by atomic mass is 10.1. The first-order valence-electron chi connectivity index (χ1n) is 5.51. The van der Waals surface area contributed by atoms with E-state index in [1.807, 2.05) is 0 Å². The number of nitrogens with one attached hydrogen (secondary N) is 1. The number of aryl methyl sites for hydroxylation is 1. The van der Waals surface area contributed by atoms with Crippen LogP contribution in [0.25, 0.3) is 0 Å². The van der Waals surface area contributed by atoms with Crippen molar-refractivity contribution in [3.63, 3.8) is 0 Å². The summed E-state index contributed by atoms with van der Waals surface area (Å²) in [4.78, 5) is 2.20. The highest BCUT2D eigenvalue weighted by atomic mass is 15.1. The smallest absolute Gasteiger partial charge is 0.0208 e. The third-order valence-corrected chi connectivity index (χ3v) is 2.38. The van der Waals surface area contributed by atoms with Gasteiger partial charge in [0, 0.05) is 19.1 Å². The Bertz CT molecular complexity index is 294. The van der Waals surface area contributed by atoms with Crippen LogP contribution in [0, 0.1) is 6.92 Å². The summed E-state index contributed by atoms with van der Waals surface area (Å²) < 4.78 is 0. The summed E-state index contributed by atoms with van der Waals surface area (Å²) in [5.74, 6) is 0. The largest absolute Gasteiger partial charge is 0.309 e. The number of rotatable bonds is 5. The van der Waals surface area contributed by atoms with E-state index in [1.165, 1.54) is 11.1 Å². The van der Waals surface area contributed by atoms with Crippen LogP contribution in [0.15, 0.2) is 24.3 Å². The van der Waals surface area contributed by atoms with E-state index in [-0.39, 0.29) is 0 Å². The first-order chi connectivity index (χ1) is 7.08. The molecule has 0 fully saturated rings. The second-order valence-electron chi connectivity index (χ2n) is 4.53. The Morgan fingerprint density at radius 2 is 2.07 bits per heavy atom. The highest BCUT2D eigenvalue weighted by Gasteiger charge is 2.02. The quantitative estimate of drug-likeness (QED) is 0.793. The van der Waals surface area contributed by atoms with Gasteiger partial charge in [-0.25, -0.2) is 0 Å². The van der Waals surface area contributed by atoms with Gasteiger partial charge in [-0.05, 0) is 33.5 Å². The first-order valence-corrected chi connectivity index (χ1v) is 5.51. The number of likely N-dealkylation sites (N-methyl/N-ethyl adjacent to an activating group) is 1. The van der Waals surface area contributed by atoms with Gasteiger partial charge in [-0.2, -0.15) is 0 Å². The lowest BCUT2D eigenvalue weighted by Gasteiger charge is -2.18. The van der Waals surface area contributed by atoms with Crippen LogP contribution < -0.4 is 5.32 Å². The van der Waals surface area contributed by atoms with E-state index in [2.05, 4.69) is 62.4 Å². The van der Waals surface area contributed by atoms with Gasteiger partial charge >= 0.3 is 0 Å². The summed E-state index contributed by atoms with van der Waals surface area (Å²) in [7, 11) is 4.20. The van der Waals surface area contributed by atoms with Gasteiger partial charge < -0.3 is 10.2 Å². The van der Waals surface area contributed by atoms with Gasteiger partial charge in [0.2, 0.25) is 0 Å². The molecule has 2 nitrogen and oxygen atoms in total. The number of hydrogen-bond acceptors (Lipinski definition) is 2. The van der Waals surface area contributed by atoms with Gasteiger partial charge in [-0.3, -0.25) is 0 Å². The Balaban J connectivity index is 2.36. The number of nitrogens with zero attached hydrogens (tertiary/aromatic N) is 1. The van der Waals surface area contributed by atoms with Crippen molar-refractivity contribution in [1.82, 2.24) is 10.2 Å². The number of hydrogen-bond donors (Lipinski definition) is 1. The molecular weight excluding hydrogens is 184 g/mol. The molecule has 0 aliphatic heterocycles. The van der Waals surface area contributed by atoms with E-state index in [0.29, 0.717) is 6.04 Å². The van der Waals surface area contributed by atoms with Crippen molar-refractivity contribution in [1.29, 1.82) is 0 Å². The van der Waals surface area contributed by atoms with E-state index in [4.69, 9.17) is 0 Å². The maximum atomic E-state index is 3.52. The van der Waals surface area contributed by atoms with Crippen LogP contribution >= 0.6 is 0 Å². The highest BCUT2D eigenvalue weighted by molar-refractivity contribution is 5.21. The first kappa shape index (κ1) is 12.2. The van der Waals surface area contributed by atoms with Gasteiger partial charge in [-0.15, -0.1) is 0 Å². The SMILES string of the molecule is Cc1cccc(CNC(C)CN(C)C)c1. The predicted octanol–water partition coefficient (Wildman–Crippen LogP) is 2.03. The van der Waals surface area contributed by atoms with Gasteiger partial charge in [0.15, 0.2) is 0 Å². The van der Waals surface area contributed by atoms with E-state index in [0.717, 1.165) is 13.1 Å². The fourth-order valence-electron chi connectivity index (χ4n) is 1.73. The molecule has 0 aliphatic rings. The van der Waals surface area contributed by atoms with Crippen LogP contribution in [0.4, 0.5) is 0 Å². The topological polar surface area (TPSA) is 15.3 Å². The Kier molecular flexibility index (Phi) is 4.79. The minimum atomic E-state index is 0.528. The lowest BCUT2D eigenvalue weighted by Crippen LogP contribution is -2.35. The van der Waals surface area contributed by atoms with Crippen molar-refractivity contribution in [3.05, 3.63) is 35.4 Å². The zero-order valence-electron chi connectivity index (χ0n) is 10.2. The molecule has 84 valence electrons. The van der Waals surface area contributed by atoms with Gasteiger partial charge in [-0.1, -0.05) is 29.8 Å². The zero-order valence-corrected chi connectivity index (χ0v) is 10.2. The Morgan fingerprint density at radius 3 is 2.67 bits per heavy atom. The fraction of sp³-hybridized carbons (Fsp3) is 0.538. The third-order valence-electron chi connectivity index (χ3n) is 2.38. The molecule has 15 heavy (non-hydrogen) atoms. The highest BCUT2D eigenvalue weighted by Crippen LogP contribution is 2.03. The summed E-state index contributed by atoms with van der Waals surface area (Å²) in [5.41, 5.74) is 2.69. The molecule has 1 aromatic rings. The molecule has 0 amide bonds. The van der Waals surface area contributed by atoms with Crippen LogP contribution in [0.2, 0.25) is 0 Å².